The average molecular weight is 330 g/mol. The van der Waals surface area contributed by atoms with Crippen LogP contribution in [0, 0.1) is 5.92 Å². The van der Waals surface area contributed by atoms with Crippen LogP contribution in [0.25, 0.3) is 0 Å². The van der Waals surface area contributed by atoms with Crippen LogP contribution < -0.4 is 10.6 Å². The van der Waals surface area contributed by atoms with Gasteiger partial charge in [-0.1, -0.05) is 24.3 Å². The van der Waals surface area contributed by atoms with Crippen LogP contribution in [-0.4, -0.2) is 29.1 Å². The average Bonchev–Trinajstić information content (AvgIpc) is 2.57. The Kier molecular flexibility index (Phi) is 6.15. The molecule has 2 amide bonds. The van der Waals surface area contributed by atoms with Crippen molar-refractivity contribution in [2.45, 2.75) is 45.1 Å². The lowest BCUT2D eigenvalue weighted by molar-refractivity contribution is -0.122. The third-order valence-electron chi connectivity index (χ3n) is 4.10. The summed E-state index contributed by atoms with van der Waals surface area (Å²) in [6.07, 6.45) is 7.05. The molecule has 5 heteroatoms. The standard InChI is InChI=1S/C19H26N2O3/c1-19(2,13-22)21-17(23)12-14-8-10-16(11-9-14)20-18(24)15-6-4-3-5-7-15/h3-4,8-11,15,22H,5-7,12-13H2,1-2H3,(H,20,24)(H,21,23)/t15-/m1/s1. The van der Waals surface area contributed by atoms with E-state index >= 15 is 0 Å². The first-order valence-electron chi connectivity index (χ1n) is 8.36. The summed E-state index contributed by atoms with van der Waals surface area (Å²) < 4.78 is 0. The molecule has 1 atom stereocenters. The van der Waals surface area contributed by atoms with Gasteiger partial charge in [-0.25, -0.2) is 0 Å². The van der Waals surface area contributed by atoms with Gasteiger partial charge in [-0.15, -0.1) is 0 Å². The number of anilines is 1. The lowest BCUT2D eigenvalue weighted by atomic mass is 9.93. The van der Waals surface area contributed by atoms with Gasteiger partial charge in [0.05, 0.1) is 18.6 Å². The molecule has 1 aliphatic rings. The molecule has 0 fully saturated rings. The van der Waals surface area contributed by atoms with Crippen molar-refractivity contribution in [2.75, 3.05) is 11.9 Å². The van der Waals surface area contributed by atoms with E-state index in [-0.39, 0.29) is 30.8 Å². The monoisotopic (exact) mass is 330 g/mol. The molecular formula is C19H26N2O3. The Labute approximate surface area is 143 Å². The van der Waals surface area contributed by atoms with Gasteiger partial charge >= 0.3 is 0 Å². The number of aliphatic hydroxyl groups is 1. The maximum Gasteiger partial charge on any atom is 0.227 e. The number of benzene rings is 1. The highest BCUT2D eigenvalue weighted by molar-refractivity contribution is 5.92. The van der Waals surface area contributed by atoms with E-state index in [4.69, 9.17) is 0 Å². The number of hydrogen-bond donors (Lipinski definition) is 3. The van der Waals surface area contributed by atoms with Gasteiger partial charge in [-0.05, 0) is 50.8 Å². The van der Waals surface area contributed by atoms with Crippen molar-refractivity contribution in [1.29, 1.82) is 0 Å². The minimum atomic E-state index is -0.626. The second kappa shape index (κ2) is 8.11. The van der Waals surface area contributed by atoms with E-state index in [1.165, 1.54) is 0 Å². The Morgan fingerprint density at radius 1 is 1.21 bits per heavy atom. The number of carbonyl (C=O) groups is 2. The normalized spacial score (nSPS) is 17.4. The fourth-order valence-electron chi connectivity index (χ4n) is 2.63. The van der Waals surface area contributed by atoms with Gasteiger partial charge in [0.2, 0.25) is 11.8 Å². The fourth-order valence-corrected chi connectivity index (χ4v) is 2.63. The van der Waals surface area contributed by atoms with Crippen LogP contribution in [0.3, 0.4) is 0 Å². The van der Waals surface area contributed by atoms with Crippen molar-refractivity contribution in [1.82, 2.24) is 5.32 Å². The number of aliphatic hydroxyl groups excluding tert-OH is 1. The molecule has 2 rings (SSSR count). The van der Waals surface area contributed by atoms with Gasteiger partial charge in [0.15, 0.2) is 0 Å². The first-order valence-corrected chi connectivity index (χ1v) is 8.36. The molecular weight excluding hydrogens is 304 g/mol. The highest BCUT2D eigenvalue weighted by atomic mass is 16.3. The van der Waals surface area contributed by atoms with Crippen LogP contribution in [0.4, 0.5) is 5.69 Å². The molecule has 0 saturated carbocycles. The largest absolute Gasteiger partial charge is 0.394 e. The second-order valence-electron chi connectivity index (χ2n) is 6.93. The number of allylic oxidation sites excluding steroid dienone is 2. The molecule has 1 aromatic carbocycles. The summed E-state index contributed by atoms with van der Waals surface area (Å²) in [4.78, 5) is 24.1. The molecule has 1 aliphatic carbocycles. The number of amides is 2. The van der Waals surface area contributed by atoms with E-state index in [1.807, 2.05) is 24.3 Å². The molecule has 0 bridgehead atoms. The Morgan fingerprint density at radius 3 is 2.50 bits per heavy atom. The smallest absolute Gasteiger partial charge is 0.227 e. The van der Waals surface area contributed by atoms with Crippen LogP contribution in [0.5, 0.6) is 0 Å². The van der Waals surface area contributed by atoms with Crippen LogP contribution in [0.2, 0.25) is 0 Å². The SMILES string of the molecule is CC(C)(CO)NC(=O)Cc1ccc(NC(=O)[C@@H]2CC=CCC2)cc1. The molecule has 0 heterocycles. The summed E-state index contributed by atoms with van der Waals surface area (Å²) in [5.41, 5.74) is 0.980. The summed E-state index contributed by atoms with van der Waals surface area (Å²) in [6, 6.07) is 7.30. The highest BCUT2D eigenvalue weighted by Gasteiger charge is 2.20. The van der Waals surface area contributed by atoms with Gasteiger partial charge in [0.1, 0.15) is 0 Å². The van der Waals surface area contributed by atoms with Gasteiger partial charge in [-0.3, -0.25) is 9.59 Å². The number of rotatable bonds is 6. The van der Waals surface area contributed by atoms with Crippen molar-refractivity contribution in [2.24, 2.45) is 5.92 Å². The van der Waals surface area contributed by atoms with Crippen molar-refractivity contribution >= 4 is 17.5 Å². The first kappa shape index (κ1) is 18.2. The van der Waals surface area contributed by atoms with Gasteiger partial charge in [-0.2, -0.15) is 0 Å². The Hall–Kier alpha value is -2.14. The van der Waals surface area contributed by atoms with Crippen LogP contribution >= 0.6 is 0 Å². The second-order valence-corrected chi connectivity index (χ2v) is 6.93. The van der Waals surface area contributed by atoms with Crippen LogP contribution in [0.1, 0.15) is 38.7 Å². The van der Waals surface area contributed by atoms with E-state index in [9.17, 15) is 14.7 Å². The molecule has 3 N–H and O–H groups in total. The summed E-state index contributed by atoms with van der Waals surface area (Å²) in [7, 11) is 0. The summed E-state index contributed by atoms with van der Waals surface area (Å²) in [5.74, 6) is -0.0458. The van der Waals surface area contributed by atoms with Gasteiger partial charge in [0, 0.05) is 11.6 Å². The zero-order valence-corrected chi connectivity index (χ0v) is 14.3. The quantitative estimate of drug-likeness (QED) is 0.701. The van der Waals surface area contributed by atoms with E-state index in [0.717, 1.165) is 30.5 Å². The molecule has 0 aliphatic heterocycles. The third-order valence-corrected chi connectivity index (χ3v) is 4.10. The van der Waals surface area contributed by atoms with E-state index in [2.05, 4.69) is 22.8 Å². The number of nitrogens with one attached hydrogen (secondary N) is 2. The van der Waals surface area contributed by atoms with Crippen LogP contribution in [-0.2, 0) is 16.0 Å². The molecule has 130 valence electrons. The first-order chi connectivity index (χ1) is 11.4. The van der Waals surface area contributed by atoms with Crippen molar-refractivity contribution in [3.05, 3.63) is 42.0 Å². The predicted octanol–water partition coefficient (Wildman–Crippen LogP) is 2.41. The zero-order valence-electron chi connectivity index (χ0n) is 14.3. The lowest BCUT2D eigenvalue weighted by Gasteiger charge is -2.23. The fraction of sp³-hybridized carbons (Fsp3) is 0.474. The van der Waals surface area contributed by atoms with Crippen LogP contribution in [0.15, 0.2) is 36.4 Å². The zero-order chi connectivity index (χ0) is 17.6. The maximum absolute atomic E-state index is 12.2. The maximum atomic E-state index is 12.2. The molecule has 5 nitrogen and oxygen atoms in total. The minimum Gasteiger partial charge on any atom is -0.394 e. The third kappa shape index (κ3) is 5.49. The predicted molar refractivity (Wildman–Crippen MR) is 94.6 cm³/mol. The van der Waals surface area contributed by atoms with Crippen molar-refractivity contribution in [3.8, 4) is 0 Å². The van der Waals surface area contributed by atoms with E-state index < -0.39 is 5.54 Å². The molecule has 0 saturated heterocycles. The molecule has 0 unspecified atom stereocenters. The van der Waals surface area contributed by atoms with Crippen molar-refractivity contribution in [3.63, 3.8) is 0 Å². The molecule has 0 aromatic heterocycles. The highest BCUT2D eigenvalue weighted by Crippen LogP contribution is 2.20. The topological polar surface area (TPSA) is 78.4 Å². The summed E-state index contributed by atoms with van der Waals surface area (Å²) in [6.45, 7) is 3.42. The number of hydrogen-bond acceptors (Lipinski definition) is 3. The summed E-state index contributed by atoms with van der Waals surface area (Å²) in [5, 5.41) is 14.9. The Bertz CT molecular complexity index is 606. The van der Waals surface area contributed by atoms with E-state index in [0.29, 0.717) is 0 Å². The molecule has 0 radical (unpaired) electrons. The van der Waals surface area contributed by atoms with Crippen molar-refractivity contribution < 1.29 is 14.7 Å². The van der Waals surface area contributed by atoms with E-state index in [1.54, 1.807) is 13.8 Å². The molecule has 0 spiro atoms. The number of carbonyl (C=O) groups excluding carboxylic acids is 2. The Balaban J connectivity index is 1.87. The van der Waals surface area contributed by atoms with Gasteiger partial charge < -0.3 is 15.7 Å². The summed E-state index contributed by atoms with van der Waals surface area (Å²) >= 11 is 0. The molecule has 24 heavy (non-hydrogen) atoms. The van der Waals surface area contributed by atoms with Gasteiger partial charge in [0.25, 0.3) is 0 Å². The lowest BCUT2D eigenvalue weighted by Crippen LogP contribution is -2.46. The molecule has 1 aromatic rings. The Morgan fingerprint density at radius 2 is 1.92 bits per heavy atom. The minimum absolute atomic E-state index is 0.0427.